The molecule has 0 aromatic heterocycles. The van der Waals surface area contributed by atoms with Gasteiger partial charge in [0.1, 0.15) is 38.2 Å². The second kappa shape index (κ2) is 11.2. The molecule has 7 heteroatoms. The van der Waals surface area contributed by atoms with Crippen LogP contribution in [0.1, 0.15) is 17.3 Å². The van der Waals surface area contributed by atoms with Crippen LogP contribution in [0.3, 0.4) is 0 Å². The number of hydrogen-bond acceptors (Lipinski definition) is 5. The standard InChI is InChI=1S/C20H24FNO5/c1-2-25-20(24)15-6-5-7-17(12-15)27-14-16(23)13-22-10-11-26-19-9-4-3-8-18(19)21/h3-9,12,16,22-23H,2,10-11,13-14H2,1H3/p+1/t16-/m1/s1. The highest BCUT2D eigenvalue weighted by molar-refractivity contribution is 5.89. The van der Waals surface area contributed by atoms with Gasteiger partial charge in [-0.3, -0.25) is 0 Å². The molecular formula is C20H25FNO5+. The van der Waals surface area contributed by atoms with Crippen molar-refractivity contribution in [3.63, 3.8) is 0 Å². The summed E-state index contributed by atoms with van der Waals surface area (Å²) in [6, 6.07) is 12.9. The van der Waals surface area contributed by atoms with Crippen LogP contribution in [0.25, 0.3) is 0 Å². The van der Waals surface area contributed by atoms with Crippen LogP contribution in [0.15, 0.2) is 48.5 Å². The normalized spacial score (nSPS) is 11.7. The van der Waals surface area contributed by atoms with Gasteiger partial charge < -0.3 is 24.6 Å². The maximum atomic E-state index is 13.4. The molecule has 6 nitrogen and oxygen atoms in total. The van der Waals surface area contributed by atoms with Gasteiger partial charge in [0.05, 0.1) is 12.2 Å². The lowest BCUT2D eigenvalue weighted by atomic mass is 10.2. The van der Waals surface area contributed by atoms with Crippen molar-refractivity contribution in [2.24, 2.45) is 0 Å². The maximum absolute atomic E-state index is 13.4. The second-order valence-electron chi connectivity index (χ2n) is 5.81. The summed E-state index contributed by atoms with van der Waals surface area (Å²) in [6.07, 6.45) is -0.690. The molecule has 0 amide bonds. The summed E-state index contributed by atoms with van der Waals surface area (Å²) in [4.78, 5) is 11.7. The molecule has 2 aromatic rings. The smallest absolute Gasteiger partial charge is 0.338 e. The van der Waals surface area contributed by atoms with E-state index in [1.807, 2.05) is 5.32 Å². The van der Waals surface area contributed by atoms with E-state index in [1.165, 1.54) is 6.07 Å². The fraction of sp³-hybridized carbons (Fsp3) is 0.350. The first-order valence-corrected chi connectivity index (χ1v) is 8.87. The summed E-state index contributed by atoms with van der Waals surface area (Å²) in [5.41, 5.74) is 0.403. The number of carbonyl (C=O) groups is 1. The fourth-order valence-electron chi connectivity index (χ4n) is 2.31. The van der Waals surface area contributed by atoms with E-state index >= 15 is 0 Å². The number of aliphatic hydroxyl groups is 1. The molecule has 3 N–H and O–H groups in total. The molecule has 1 atom stereocenters. The van der Waals surface area contributed by atoms with Crippen LogP contribution >= 0.6 is 0 Å². The van der Waals surface area contributed by atoms with Gasteiger partial charge in [0.25, 0.3) is 0 Å². The minimum Gasteiger partial charge on any atom is -0.491 e. The van der Waals surface area contributed by atoms with Crippen molar-refractivity contribution >= 4 is 5.97 Å². The molecule has 0 fully saturated rings. The Labute approximate surface area is 157 Å². The third-order valence-corrected chi connectivity index (χ3v) is 3.64. The molecule has 2 aromatic carbocycles. The molecule has 2 rings (SSSR count). The van der Waals surface area contributed by atoms with Crippen molar-refractivity contribution in [1.82, 2.24) is 0 Å². The van der Waals surface area contributed by atoms with Crippen molar-refractivity contribution in [1.29, 1.82) is 0 Å². The van der Waals surface area contributed by atoms with E-state index < -0.39 is 17.9 Å². The number of carbonyl (C=O) groups excluding carboxylic acids is 1. The summed E-state index contributed by atoms with van der Waals surface area (Å²) in [5.74, 6) is -0.0959. The first-order valence-electron chi connectivity index (χ1n) is 8.87. The van der Waals surface area contributed by atoms with Crippen LogP contribution < -0.4 is 14.8 Å². The fourth-order valence-corrected chi connectivity index (χ4v) is 2.31. The molecule has 0 aliphatic rings. The molecule has 0 unspecified atom stereocenters. The molecule has 0 heterocycles. The zero-order chi connectivity index (χ0) is 19.5. The zero-order valence-corrected chi connectivity index (χ0v) is 15.3. The molecule has 0 saturated carbocycles. The van der Waals surface area contributed by atoms with Gasteiger partial charge in [0.15, 0.2) is 11.6 Å². The summed E-state index contributed by atoms with van der Waals surface area (Å²) >= 11 is 0. The van der Waals surface area contributed by atoms with Gasteiger partial charge in [0, 0.05) is 0 Å². The van der Waals surface area contributed by atoms with Crippen molar-refractivity contribution in [2.45, 2.75) is 13.0 Å². The summed E-state index contributed by atoms with van der Waals surface area (Å²) in [6.45, 7) is 3.46. The number of halogens is 1. The SMILES string of the molecule is CCOC(=O)c1cccc(OC[C@H](O)C[NH2+]CCOc2ccccc2F)c1. The van der Waals surface area contributed by atoms with Crippen molar-refractivity contribution < 1.29 is 33.8 Å². The van der Waals surface area contributed by atoms with Crippen molar-refractivity contribution in [2.75, 3.05) is 32.9 Å². The van der Waals surface area contributed by atoms with Crippen LogP contribution in [0.4, 0.5) is 4.39 Å². The lowest BCUT2D eigenvalue weighted by Gasteiger charge is -2.12. The Hall–Kier alpha value is -2.64. The predicted molar refractivity (Wildman–Crippen MR) is 97.5 cm³/mol. The number of benzene rings is 2. The molecule has 0 aliphatic carbocycles. The van der Waals surface area contributed by atoms with Crippen LogP contribution in [-0.2, 0) is 4.74 Å². The maximum Gasteiger partial charge on any atom is 0.338 e. The summed E-state index contributed by atoms with van der Waals surface area (Å²) in [5, 5.41) is 11.8. The van der Waals surface area contributed by atoms with E-state index in [2.05, 4.69) is 0 Å². The number of quaternary nitrogens is 1. The van der Waals surface area contributed by atoms with E-state index in [0.717, 1.165) is 0 Å². The molecular weight excluding hydrogens is 353 g/mol. The van der Waals surface area contributed by atoms with Gasteiger partial charge in [-0.15, -0.1) is 0 Å². The molecule has 146 valence electrons. The third kappa shape index (κ3) is 7.24. The van der Waals surface area contributed by atoms with Gasteiger partial charge in [-0.1, -0.05) is 18.2 Å². The van der Waals surface area contributed by atoms with E-state index in [-0.39, 0.29) is 12.4 Å². The summed E-state index contributed by atoms with van der Waals surface area (Å²) < 4.78 is 29.2. The quantitative estimate of drug-likeness (QED) is 0.456. The Morgan fingerprint density at radius 1 is 1.19 bits per heavy atom. The predicted octanol–water partition coefficient (Wildman–Crippen LogP) is 1.38. The monoisotopic (exact) mass is 378 g/mol. The van der Waals surface area contributed by atoms with Gasteiger partial charge >= 0.3 is 5.97 Å². The lowest BCUT2D eigenvalue weighted by molar-refractivity contribution is -0.661. The molecule has 0 saturated heterocycles. The van der Waals surface area contributed by atoms with Gasteiger partial charge in [-0.05, 0) is 37.3 Å². The minimum absolute atomic E-state index is 0.0942. The highest BCUT2D eigenvalue weighted by atomic mass is 19.1. The van der Waals surface area contributed by atoms with E-state index in [9.17, 15) is 14.3 Å². The largest absolute Gasteiger partial charge is 0.491 e. The number of hydrogen-bond donors (Lipinski definition) is 2. The Morgan fingerprint density at radius 3 is 2.78 bits per heavy atom. The average molecular weight is 378 g/mol. The van der Waals surface area contributed by atoms with E-state index in [4.69, 9.17) is 14.2 Å². The van der Waals surface area contributed by atoms with Crippen LogP contribution in [0, 0.1) is 5.82 Å². The van der Waals surface area contributed by atoms with Crippen LogP contribution in [0.5, 0.6) is 11.5 Å². The highest BCUT2D eigenvalue weighted by Crippen LogP contribution is 2.15. The third-order valence-electron chi connectivity index (χ3n) is 3.64. The van der Waals surface area contributed by atoms with Gasteiger partial charge in [-0.25, -0.2) is 9.18 Å². The number of aliphatic hydroxyl groups excluding tert-OH is 1. The topological polar surface area (TPSA) is 81.6 Å². The average Bonchev–Trinajstić information content (AvgIpc) is 2.68. The number of esters is 1. The molecule has 0 bridgehead atoms. The van der Waals surface area contributed by atoms with Gasteiger partial charge in [-0.2, -0.15) is 0 Å². The van der Waals surface area contributed by atoms with E-state index in [0.29, 0.717) is 37.6 Å². The second-order valence-corrected chi connectivity index (χ2v) is 5.81. The van der Waals surface area contributed by atoms with Crippen LogP contribution in [0.2, 0.25) is 0 Å². The molecule has 0 radical (unpaired) electrons. The summed E-state index contributed by atoms with van der Waals surface area (Å²) in [7, 11) is 0. The Kier molecular flexibility index (Phi) is 8.54. The van der Waals surface area contributed by atoms with E-state index in [1.54, 1.807) is 49.4 Å². The zero-order valence-electron chi connectivity index (χ0n) is 15.3. The molecule has 0 spiro atoms. The number of nitrogens with two attached hydrogens (primary N) is 1. The molecule has 0 aliphatic heterocycles. The van der Waals surface area contributed by atoms with Crippen LogP contribution in [-0.4, -0.2) is 50.1 Å². The Morgan fingerprint density at radius 2 is 2.00 bits per heavy atom. The highest BCUT2D eigenvalue weighted by Gasteiger charge is 2.10. The number of ether oxygens (including phenoxy) is 3. The number of rotatable bonds is 11. The van der Waals surface area contributed by atoms with Crippen molar-refractivity contribution in [3.8, 4) is 11.5 Å². The van der Waals surface area contributed by atoms with Gasteiger partial charge in [0.2, 0.25) is 0 Å². The first-order chi connectivity index (χ1) is 13.1. The van der Waals surface area contributed by atoms with Crippen molar-refractivity contribution in [3.05, 3.63) is 59.9 Å². The molecule has 27 heavy (non-hydrogen) atoms. The minimum atomic E-state index is -0.690. The Balaban J connectivity index is 1.65. The first kappa shape index (κ1) is 20.7. The Bertz CT molecular complexity index is 725. The lowest BCUT2D eigenvalue weighted by Crippen LogP contribution is -2.87. The number of para-hydroxylation sites is 1.